The molecular weight excluding hydrogens is 429 g/mol. The first-order chi connectivity index (χ1) is 10.6. The second-order valence-corrected chi connectivity index (χ2v) is 5.94. The van der Waals surface area contributed by atoms with E-state index in [4.69, 9.17) is 21.1 Å². The molecule has 2 rings (SSSR count). The Morgan fingerprint density at radius 1 is 1.39 bits per heavy atom. The predicted octanol–water partition coefficient (Wildman–Crippen LogP) is 3.07. The topological polar surface area (TPSA) is 54.9 Å². The van der Waals surface area contributed by atoms with Gasteiger partial charge in [-0.3, -0.25) is 4.99 Å². The van der Waals surface area contributed by atoms with E-state index in [1.54, 1.807) is 7.05 Å². The molecule has 0 aliphatic carbocycles. The van der Waals surface area contributed by atoms with E-state index in [0.29, 0.717) is 23.9 Å². The summed E-state index contributed by atoms with van der Waals surface area (Å²) >= 11 is 6.04. The fourth-order valence-electron chi connectivity index (χ4n) is 2.36. The molecule has 23 heavy (non-hydrogen) atoms. The quantitative estimate of drug-likeness (QED) is 0.301. The van der Waals surface area contributed by atoms with Gasteiger partial charge in [-0.2, -0.15) is 0 Å². The van der Waals surface area contributed by atoms with Gasteiger partial charge < -0.3 is 20.1 Å². The molecule has 1 atom stereocenters. The SMILES string of the molecule is CN=C(NCCOc1ccccc1Cl)NCC1(C)CCCO1.I. The van der Waals surface area contributed by atoms with Crippen LogP contribution < -0.4 is 15.4 Å². The molecule has 0 bridgehead atoms. The lowest BCUT2D eigenvalue weighted by molar-refractivity contribution is 0.0243. The molecule has 1 aromatic rings. The zero-order chi connectivity index (χ0) is 15.8. The monoisotopic (exact) mass is 453 g/mol. The number of benzene rings is 1. The van der Waals surface area contributed by atoms with Crippen LogP contribution in [0.4, 0.5) is 0 Å². The van der Waals surface area contributed by atoms with Gasteiger partial charge in [0, 0.05) is 20.2 Å². The van der Waals surface area contributed by atoms with Crippen molar-refractivity contribution in [2.24, 2.45) is 4.99 Å². The van der Waals surface area contributed by atoms with Gasteiger partial charge in [-0.15, -0.1) is 24.0 Å². The van der Waals surface area contributed by atoms with Crippen LogP contribution in [0, 0.1) is 0 Å². The summed E-state index contributed by atoms with van der Waals surface area (Å²) in [7, 11) is 1.75. The number of para-hydroxylation sites is 1. The number of nitrogens with one attached hydrogen (secondary N) is 2. The largest absolute Gasteiger partial charge is 0.490 e. The minimum absolute atomic E-state index is 0. The molecule has 5 nitrogen and oxygen atoms in total. The zero-order valence-corrected chi connectivity index (χ0v) is 16.7. The molecule has 1 unspecified atom stereocenters. The molecule has 0 spiro atoms. The highest BCUT2D eigenvalue weighted by Crippen LogP contribution is 2.24. The fraction of sp³-hybridized carbons (Fsp3) is 0.562. The van der Waals surface area contributed by atoms with Crippen molar-refractivity contribution in [3.8, 4) is 5.75 Å². The van der Waals surface area contributed by atoms with Crippen LogP contribution in [0.2, 0.25) is 5.02 Å². The van der Waals surface area contributed by atoms with Crippen LogP contribution >= 0.6 is 35.6 Å². The van der Waals surface area contributed by atoms with Gasteiger partial charge in [-0.1, -0.05) is 23.7 Å². The zero-order valence-electron chi connectivity index (χ0n) is 13.6. The van der Waals surface area contributed by atoms with Crippen molar-refractivity contribution in [3.05, 3.63) is 29.3 Å². The maximum Gasteiger partial charge on any atom is 0.191 e. The maximum atomic E-state index is 6.04. The van der Waals surface area contributed by atoms with Gasteiger partial charge in [0.05, 0.1) is 17.2 Å². The lowest BCUT2D eigenvalue weighted by Crippen LogP contribution is -2.46. The number of hydrogen-bond donors (Lipinski definition) is 2. The van der Waals surface area contributed by atoms with Gasteiger partial charge in [-0.05, 0) is 31.9 Å². The van der Waals surface area contributed by atoms with E-state index >= 15 is 0 Å². The van der Waals surface area contributed by atoms with Crippen molar-refractivity contribution in [1.29, 1.82) is 0 Å². The van der Waals surface area contributed by atoms with Crippen LogP contribution in [0.5, 0.6) is 5.75 Å². The van der Waals surface area contributed by atoms with E-state index in [9.17, 15) is 0 Å². The number of hydrogen-bond acceptors (Lipinski definition) is 3. The van der Waals surface area contributed by atoms with Gasteiger partial charge in [0.15, 0.2) is 5.96 Å². The number of guanidine groups is 1. The highest BCUT2D eigenvalue weighted by Gasteiger charge is 2.29. The normalized spacial score (nSPS) is 20.7. The van der Waals surface area contributed by atoms with Crippen molar-refractivity contribution < 1.29 is 9.47 Å². The minimum atomic E-state index is -0.0916. The van der Waals surface area contributed by atoms with Crippen molar-refractivity contribution in [1.82, 2.24) is 10.6 Å². The highest BCUT2D eigenvalue weighted by molar-refractivity contribution is 14.0. The first kappa shape index (κ1) is 20.3. The van der Waals surface area contributed by atoms with E-state index in [1.165, 1.54) is 0 Å². The van der Waals surface area contributed by atoms with E-state index < -0.39 is 0 Å². The third kappa shape index (κ3) is 6.73. The Kier molecular flexibility index (Phi) is 9.01. The molecule has 1 saturated heterocycles. The molecule has 130 valence electrons. The van der Waals surface area contributed by atoms with Crippen molar-refractivity contribution in [2.75, 3.05) is 33.4 Å². The number of ether oxygens (including phenoxy) is 2. The third-order valence-electron chi connectivity index (χ3n) is 3.64. The highest BCUT2D eigenvalue weighted by atomic mass is 127. The summed E-state index contributed by atoms with van der Waals surface area (Å²) < 4.78 is 11.4. The average molecular weight is 454 g/mol. The van der Waals surface area contributed by atoms with Crippen LogP contribution in [0.15, 0.2) is 29.3 Å². The Morgan fingerprint density at radius 3 is 2.83 bits per heavy atom. The first-order valence-corrected chi connectivity index (χ1v) is 7.96. The van der Waals surface area contributed by atoms with Crippen molar-refractivity contribution >= 4 is 41.5 Å². The lowest BCUT2D eigenvalue weighted by atomic mass is 10.0. The summed E-state index contributed by atoms with van der Waals surface area (Å²) in [6.45, 7) is 4.87. The molecule has 0 saturated carbocycles. The summed E-state index contributed by atoms with van der Waals surface area (Å²) in [6, 6.07) is 7.45. The van der Waals surface area contributed by atoms with Gasteiger partial charge in [0.25, 0.3) is 0 Å². The van der Waals surface area contributed by atoms with E-state index in [1.807, 2.05) is 24.3 Å². The summed E-state index contributed by atoms with van der Waals surface area (Å²) in [5.41, 5.74) is -0.0916. The molecule has 0 radical (unpaired) electrons. The molecule has 1 aliphatic rings. The molecule has 0 aromatic heterocycles. The van der Waals surface area contributed by atoms with Crippen molar-refractivity contribution in [3.63, 3.8) is 0 Å². The van der Waals surface area contributed by atoms with Crippen LogP contribution in [-0.2, 0) is 4.74 Å². The molecule has 2 N–H and O–H groups in total. The van der Waals surface area contributed by atoms with E-state index in [2.05, 4.69) is 22.5 Å². The molecule has 1 aliphatic heterocycles. The average Bonchev–Trinajstić information content (AvgIpc) is 2.95. The third-order valence-corrected chi connectivity index (χ3v) is 3.95. The Morgan fingerprint density at radius 2 is 2.17 bits per heavy atom. The smallest absolute Gasteiger partial charge is 0.191 e. The van der Waals surface area contributed by atoms with Crippen LogP contribution in [0.3, 0.4) is 0 Å². The Labute approximate surface area is 160 Å². The van der Waals surface area contributed by atoms with Gasteiger partial charge in [-0.25, -0.2) is 0 Å². The second kappa shape index (κ2) is 10.2. The molecule has 7 heteroatoms. The summed E-state index contributed by atoms with van der Waals surface area (Å²) in [6.07, 6.45) is 2.20. The maximum absolute atomic E-state index is 6.04. The van der Waals surface area contributed by atoms with Crippen molar-refractivity contribution in [2.45, 2.75) is 25.4 Å². The predicted molar refractivity (Wildman–Crippen MR) is 105 cm³/mol. The van der Waals surface area contributed by atoms with Gasteiger partial charge >= 0.3 is 0 Å². The van der Waals surface area contributed by atoms with Gasteiger partial charge in [0.2, 0.25) is 0 Å². The summed E-state index contributed by atoms with van der Waals surface area (Å²) in [5.74, 6) is 1.44. The summed E-state index contributed by atoms with van der Waals surface area (Å²) in [5, 5.41) is 7.13. The molecule has 0 amide bonds. The van der Waals surface area contributed by atoms with Crippen LogP contribution in [0.1, 0.15) is 19.8 Å². The lowest BCUT2D eigenvalue weighted by Gasteiger charge is -2.24. The Hall–Kier alpha value is -0.730. The summed E-state index contributed by atoms with van der Waals surface area (Å²) in [4.78, 5) is 4.20. The van der Waals surface area contributed by atoms with E-state index in [-0.39, 0.29) is 29.6 Å². The Bertz CT molecular complexity index is 508. The van der Waals surface area contributed by atoms with Crippen LogP contribution in [0.25, 0.3) is 0 Å². The molecule has 1 aromatic carbocycles. The first-order valence-electron chi connectivity index (χ1n) is 7.59. The fourth-order valence-corrected chi connectivity index (χ4v) is 2.55. The molecule has 1 fully saturated rings. The number of aliphatic imine (C=N–C) groups is 1. The minimum Gasteiger partial charge on any atom is -0.490 e. The molecule has 1 heterocycles. The standard InChI is InChI=1S/C16H24ClN3O2.HI/c1-16(8-5-10-22-16)12-20-15(18-2)19-9-11-21-14-7-4-3-6-13(14)17;/h3-4,6-7H,5,8-12H2,1-2H3,(H2,18,19,20);1H. The number of halogens is 2. The van der Waals surface area contributed by atoms with Gasteiger partial charge in [0.1, 0.15) is 12.4 Å². The van der Waals surface area contributed by atoms with E-state index in [0.717, 1.165) is 32.0 Å². The number of nitrogens with zero attached hydrogens (tertiary/aromatic N) is 1. The van der Waals surface area contributed by atoms with Crippen LogP contribution in [-0.4, -0.2) is 44.9 Å². The number of rotatable bonds is 6. The second-order valence-electron chi connectivity index (χ2n) is 5.53. The molecular formula is C16H25ClIN3O2. The Balaban J connectivity index is 0.00000264.